The zero-order valence-corrected chi connectivity index (χ0v) is 18.6. The number of fused-ring (bicyclic) bond motifs is 1. The predicted octanol–water partition coefficient (Wildman–Crippen LogP) is 4.50. The van der Waals surface area contributed by atoms with E-state index in [0.29, 0.717) is 28.2 Å². The predicted molar refractivity (Wildman–Crippen MR) is 124 cm³/mol. The van der Waals surface area contributed by atoms with Gasteiger partial charge in [0, 0.05) is 6.07 Å². The molecule has 32 heavy (non-hydrogen) atoms. The minimum atomic E-state index is -3.88. The van der Waals surface area contributed by atoms with Crippen LogP contribution in [0, 0.1) is 6.92 Å². The summed E-state index contributed by atoms with van der Waals surface area (Å²) in [4.78, 5) is 9.30. The summed E-state index contributed by atoms with van der Waals surface area (Å²) in [6.07, 6.45) is 0. The van der Waals surface area contributed by atoms with Gasteiger partial charge in [-0.15, -0.1) is 0 Å². The van der Waals surface area contributed by atoms with E-state index in [1.165, 1.54) is 12.1 Å². The van der Waals surface area contributed by atoms with Gasteiger partial charge in [0.05, 0.1) is 35.8 Å². The second-order valence-electron chi connectivity index (χ2n) is 7.02. The van der Waals surface area contributed by atoms with Crippen molar-refractivity contribution in [3.8, 4) is 11.5 Å². The number of rotatable bonds is 7. The molecule has 1 heterocycles. The van der Waals surface area contributed by atoms with Crippen LogP contribution in [0.5, 0.6) is 11.5 Å². The molecule has 164 valence electrons. The van der Waals surface area contributed by atoms with Crippen LogP contribution in [0.2, 0.25) is 0 Å². The Morgan fingerprint density at radius 1 is 0.812 bits per heavy atom. The fourth-order valence-electron chi connectivity index (χ4n) is 3.15. The molecule has 0 saturated carbocycles. The highest BCUT2D eigenvalue weighted by Crippen LogP contribution is 2.34. The summed E-state index contributed by atoms with van der Waals surface area (Å²) >= 11 is 0. The lowest BCUT2D eigenvalue weighted by molar-refractivity contribution is 0.405. The monoisotopic (exact) mass is 450 g/mol. The van der Waals surface area contributed by atoms with Gasteiger partial charge in [-0.25, -0.2) is 18.4 Å². The molecule has 0 aliphatic heterocycles. The number of hydrogen-bond acceptors (Lipinski definition) is 7. The van der Waals surface area contributed by atoms with E-state index in [1.807, 2.05) is 25.1 Å². The smallest absolute Gasteiger partial charge is 0.263 e. The second kappa shape index (κ2) is 8.72. The Hall–Kier alpha value is -3.85. The molecule has 0 atom stereocenters. The molecular weight excluding hydrogens is 428 g/mol. The maximum absolute atomic E-state index is 13.0. The van der Waals surface area contributed by atoms with E-state index in [9.17, 15) is 8.42 Å². The number of sulfonamides is 1. The van der Waals surface area contributed by atoms with E-state index in [2.05, 4.69) is 20.0 Å². The van der Waals surface area contributed by atoms with Gasteiger partial charge in [-0.3, -0.25) is 4.72 Å². The fourth-order valence-corrected chi connectivity index (χ4v) is 4.18. The van der Waals surface area contributed by atoms with Crippen LogP contribution in [-0.2, 0) is 10.0 Å². The number of nitrogens with zero attached hydrogens (tertiary/aromatic N) is 2. The molecule has 8 nitrogen and oxygen atoms in total. The number of benzene rings is 3. The average Bonchev–Trinajstić information content (AvgIpc) is 2.80. The number of anilines is 3. The van der Waals surface area contributed by atoms with E-state index in [0.717, 1.165) is 5.56 Å². The Morgan fingerprint density at radius 3 is 2.28 bits per heavy atom. The topological polar surface area (TPSA) is 102 Å². The van der Waals surface area contributed by atoms with E-state index < -0.39 is 10.0 Å². The highest BCUT2D eigenvalue weighted by molar-refractivity contribution is 7.92. The molecule has 0 aliphatic rings. The van der Waals surface area contributed by atoms with Crippen LogP contribution in [0.25, 0.3) is 11.0 Å². The highest BCUT2D eigenvalue weighted by Gasteiger charge is 2.20. The zero-order valence-electron chi connectivity index (χ0n) is 17.8. The summed E-state index contributed by atoms with van der Waals surface area (Å²) in [5.74, 6) is 1.43. The molecule has 3 aromatic carbocycles. The van der Waals surface area contributed by atoms with Crippen LogP contribution in [0.4, 0.5) is 17.3 Å². The van der Waals surface area contributed by atoms with Crippen LogP contribution in [-0.4, -0.2) is 32.6 Å². The molecule has 0 fully saturated rings. The average molecular weight is 451 g/mol. The first-order valence-corrected chi connectivity index (χ1v) is 11.2. The van der Waals surface area contributed by atoms with Gasteiger partial charge in [0.1, 0.15) is 11.5 Å². The quantitative estimate of drug-likeness (QED) is 0.427. The Bertz CT molecular complexity index is 1380. The van der Waals surface area contributed by atoms with Gasteiger partial charge in [-0.05, 0) is 48.9 Å². The minimum absolute atomic E-state index is 0.0665. The van der Waals surface area contributed by atoms with Gasteiger partial charge in [0.25, 0.3) is 10.0 Å². The van der Waals surface area contributed by atoms with Crippen molar-refractivity contribution in [1.82, 2.24) is 9.97 Å². The summed E-state index contributed by atoms with van der Waals surface area (Å²) in [5, 5.41) is 3.14. The molecule has 4 aromatic rings. The first-order valence-electron chi connectivity index (χ1n) is 9.75. The van der Waals surface area contributed by atoms with E-state index in [-0.39, 0.29) is 16.5 Å². The molecule has 1 aromatic heterocycles. The SMILES string of the molecule is COc1ccc(OC)c(Nc2nc3ccc(C)cc3nc2NS(=O)(=O)c2ccccc2)c1. The zero-order chi connectivity index (χ0) is 22.7. The summed E-state index contributed by atoms with van der Waals surface area (Å²) < 4.78 is 39.3. The lowest BCUT2D eigenvalue weighted by Gasteiger charge is -2.16. The number of hydrogen-bond donors (Lipinski definition) is 2. The van der Waals surface area contributed by atoms with Crippen molar-refractivity contribution in [2.75, 3.05) is 24.3 Å². The molecule has 0 radical (unpaired) electrons. The number of nitrogens with one attached hydrogen (secondary N) is 2. The maximum Gasteiger partial charge on any atom is 0.263 e. The third-order valence-corrected chi connectivity index (χ3v) is 6.12. The first-order chi connectivity index (χ1) is 15.4. The van der Waals surface area contributed by atoms with Crippen molar-refractivity contribution in [3.63, 3.8) is 0 Å². The van der Waals surface area contributed by atoms with E-state index in [1.54, 1.807) is 50.6 Å². The number of methoxy groups -OCH3 is 2. The van der Waals surface area contributed by atoms with Crippen molar-refractivity contribution in [2.45, 2.75) is 11.8 Å². The summed E-state index contributed by atoms with van der Waals surface area (Å²) in [7, 11) is -0.783. The molecule has 0 saturated heterocycles. The van der Waals surface area contributed by atoms with E-state index in [4.69, 9.17) is 9.47 Å². The lowest BCUT2D eigenvalue weighted by Crippen LogP contribution is -2.16. The van der Waals surface area contributed by atoms with Gasteiger partial charge in [-0.2, -0.15) is 0 Å². The first kappa shape index (κ1) is 21.4. The second-order valence-corrected chi connectivity index (χ2v) is 8.71. The lowest BCUT2D eigenvalue weighted by atomic mass is 10.2. The molecule has 9 heteroatoms. The molecule has 4 rings (SSSR count). The van der Waals surface area contributed by atoms with Crippen LogP contribution in [0.15, 0.2) is 71.6 Å². The van der Waals surface area contributed by atoms with Gasteiger partial charge in [-0.1, -0.05) is 24.3 Å². The van der Waals surface area contributed by atoms with Gasteiger partial charge in [0.2, 0.25) is 0 Å². The Morgan fingerprint density at radius 2 is 1.56 bits per heavy atom. The normalized spacial score (nSPS) is 11.2. The van der Waals surface area contributed by atoms with Gasteiger partial charge < -0.3 is 14.8 Å². The highest BCUT2D eigenvalue weighted by atomic mass is 32.2. The molecule has 0 bridgehead atoms. The van der Waals surface area contributed by atoms with Crippen LogP contribution in [0.1, 0.15) is 5.56 Å². The van der Waals surface area contributed by atoms with Crippen LogP contribution >= 0.6 is 0 Å². The summed E-state index contributed by atoms with van der Waals surface area (Å²) in [6.45, 7) is 1.93. The number of ether oxygens (including phenoxy) is 2. The number of aryl methyl sites for hydroxylation is 1. The van der Waals surface area contributed by atoms with Crippen LogP contribution in [0.3, 0.4) is 0 Å². The van der Waals surface area contributed by atoms with Crippen molar-refractivity contribution in [2.24, 2.45) is 0 Å². The van der Waals surface area contributed by atoms with Crippen LogP contribution < -0.4 is 19.5 Å². The maximum atomic E-state index is 13.0. The Balaban J connectivity index is 1.83. The molecule has 0 unspecified atom stereocenters. The molecular formula is C23H22N4O4S. The van der Waals surface area contributed by atoms with Gasteiger partial charge >= 0.3 is 0 Å². The largest absolute Gasteiger partial charge is 0.497 e. The minimum Gasteiger partial charge on any atom is -0.497 e. The molecule has 0 spiro atoms. The standard InChI is InChI=1S/C23H22N4O4S/c1-15-9-11-18-19(13-15)25-23(27-32(28,29)17-7-5-4-6-8-17)22(24-18)26-20-14-16(30-2)10-12-21(20)31-3/h4-14H,1-3H3,(H,24,26)(H,25,27). The molecule has 2 N–H and O–H groups in total. The Labute approximate surface area is 186 Å². The van der Waals surface area contributed by atoms with Crippen molar-refractivity contribution in [1.29, 1.82) is 0 Å². The third kappa shape index (κ3) is 4.42. The Kier molecular flexibility index (Phi) is 5.83. The number of aromatic nitrogens is 2. The van der Waals surface area contributed by atoms with Crippen molar-refractivity contribution < 1.29 is 17.9 Å². The fraction of sp³-hybridized carbons (Fsp3) is 0.130. The summed E-state index contributed by atoms with van der Waals surface area (Å²) in [6, 6.07) is 18.9. The summed E-state index contributed by atoms with van der Waals surface area (Å²) in [5.41, 5.74) is 2.72. The molecule has 0 aliphatic carbocycles. The van der Waals surface area contributed by atoms with Crippen molar-refractivity contribution in [3.05, 3.63) is 72.3 Å². The van der Waals surface area contributed by atoms with E-state index >= 15 is 0 Å². The van der Waals surface area contributed by atoms with Gasteiger partial charge in [0.15, 0.2) is 11.6 Å². The van der Waals surface area contributed by atoms with Crippen molar-refractivity contribution >= 4 is 38.4 Å². The molecule has 0 amide bonds. The third-order valence-electron chi connectivity index (χ3n) is 4.76.